The Morgan fingerprint density at radius 3 is 2.52 bits per heavy atom. The van der Waals surface area contributed by atoms with E-state index in [1.165, 1.54) is 11.1 Å². The van der Waals surface area contributed by atoms with Crippen molar-refractivity contribution >= 4 is 34.2 Å². The third-order valence-electron chi connectivity index (χ3n) is 3.79. The van der Waals surface area contributed by atoms with Crippen molar-refractivity contribution in [1.82, 2.24) is 9.55 Å². The standard InChI is InChI=1S/C17H16Cl2N2/c1-11-3-5-13(6-4-11)12(2)21-16-8-7-14(19)9-15(16)20-17(21)10-18/h3-9,12H,10H2,1-2H3. The highest BCUT2D eigenvalue weighted by Gasteiger charge is 2.16. The lowest BCUT2D eigenvalue weighted by atomic mass is 10.1. The van der Waals surface area contributed by atoms with Crippen molar-refractivity contribution in [2.75, 3.05) is 0 Å². The van der Waals surface area contributed by atoms with Gasteiger partial charge in [-0.15, -0.1) is 11.6 Å². The predicted molar refractivity (Wildman–Crippen MR) is 89.3 cm³/mol. The molecule has 2 nitrogen and oxygen atoms in total. The van der Waals surface area contributed by atoms with Crippen molar-refractivity contribution in [3.63, 3.8) is 0 Å². The molecule has 1 atom stereocenters. The molecule has 0 spiro atoms. The van der Waals surface area contributed by atoms with Crippen molar-refractivity contribution in [2.24, 2.45) is 0 Å². The van der Waals surface area contributed by atoms with Crippen LogP contribution in [0.15, 0.2) is 42.5 Å². The fourth-order valence-corrected chi connectivity index (χ4v) is 3.00. The molecule has 0 fully saturated rings. The van der Waals surface area contributed by atoms with Crippen LogP contribution in [0.2, 0.25) is 5.02 Å². The molecule has 0 saturated carbocycles. The number of imidazole rings is 1. The molecule has 0 aliphatic rings. The van der Waals surface area contributed by atoms with Gasteiger partial charge in [0.1, 0.15) is 5.82 Å². The third-order valence-corrected chi connectivity index (χ3v) is 4.27. The lowest BCUT2D eigenvalue weighted by Gasteiger charge is -2.17. The smallest absolute Gasteiger partial charge is 0.125 e. The van der Waals surface area contributed by atoms with Gasteiger partial charge in [-0.25, -0.2) is 4.98 Å². The van der Waals surface area contributed by atoms with Crippen LogP contribution in [0.5, 0.6) is 0 Å². The Hall–Kier alpha value is -1.51. The molecule has 108 valence electrons. The predicted octanol–water partition coefficient (Wildman–Crippen LogP) is 5.35. The van der Waals surface area contributed by atoms with E-state index in [-0.39, 0.29) is 6.04 Å². The first kappa shape index (κ1) is 14.4. The van der Waals surface area contributed by atoms with Gasteiger partial charge in [0.05, 0.1) is 23.0 Å². The summed E-state index contributed by atoms with van der Waals surface area (Å²) < 4.78 is 2.18. The highest BCUT2D eigenvalue weighted by atomic mass is 35.5. The summed E-state index contributed by atoms with van der Waals surface area (Å²) in [5, 5.41) is 0.691. The lowest BCUT2D eigenvalue weighted by Crippen LogP contribution is -2.09. The zero-order valence-electron chi connectivity index (χ0n) is 12.0. The maximum absolute atomic E-state index is 6.08. The third kappa shape index (κ3) is 2.66. The number of aryl methyl sites for hydroxylation is 1. The molecule has 0 aliphatic carbocycles. The molecule has 1 heterocycles. The Labute approximate surface area is 134 Å². The van der Waals surface area contributed by atoms with Crippen LogP contribution in [0.25, 0.3) is 11.0 Å². The van der Waals surface area contributed by atoms with E-state index < -0.39 is 0 Å². The average molecular weight is 319 g/mol. The molecule has 3 aromatic rings. The summed E-state index contributed by atoms with van der Waals surface area (Å²) >= 11 is 12.1. The van der Waals surface area contributed by atoms with E-state index in [0.29, 0.717) is 10.9 Å². The second-order valence-electron chi connectivity index (χ2n) is 5.25. The molecule has 0 radical (unpaired) electrons. The van der Waals surface area contributed by atoms with Crippen LogP contribution in [-0.4, -0.2) is 9.55 Å². The number of hydrogen-bond acceptors (Lipinski definition) is 1. The molecule has 0 amide bonds. The fourth-order valence-electron chi connectivity index (χ4n) is 2.64. The Morgan fingerprint density at radius 2 is 1.86 bits per heavy atom. The van der Waals surface area contributed by atoms with E-state index >= 15 is 0 Å². The van der Waals surface area contributed by atoms with Gasteiger partial charge in [-0.3, -0.25) is 0 Å². The average Bonchev–Trinajstić information content (AvgIpc) is 2.84. The fraction of sp³-hybridized carbons (Fsp3) is 0.235. The minimum atomic E-state index is 0.172. The molecular weight excluding hydrogens is 303 g/mol. The van der Waals surface area contributed by atoms with Gasteiger partial charge in [-0.2, -0.15) is 0 Å². The van der Waals surface area contributed by atoms with E-state index in [1.54, 1.807) is 0 Å². The molecule has 1 aromatic heterocycles. The highest BCUT2D eigenvalue weighted by molar-refractivity contribution is 6.31. The van der Waals surface area contributed by atoms with Crippen LogP contribution in [0.4, 0.5) is 0 Å². The monoisotopic (exact) mass is 318 g/mol. The molecule has 3 rings (SSSR count). The second-order valence-corrected chi connectivity index (χ2v) is 5.96. The Kier molecular flexibility index (Phi) is 3.92. The zero-order valence-corrected chi connectivity index (χ0v) is 13.5. The minimum Gasteiger partial charge on any atom is -0.320 e. The van der Waals surface area contributed by atoms with Crippen LogP contribution in [-0.2, 0) is 5.88 Å². The van der Waals surface area contributed by atoms with Gasteiger partial charge in [0.2, 0.25) is 0 Å². The lowest BCUT2D eigenvalue weighted by molar-refractivity contribution is 0.634. The summed E-state index contributed by atoms with van der Waals surface area (Å²) in [6, 6.07) is 14.5. The SMILES string of the molecule is Cc1ccc(C(C)n2c(CCl)nc3cc(Cl)ccc32)cc1. The normalized spacial score (nSPS) is 12.8. The molecule has 0 aliphatic heterocycles. The first-order valence-electron chi connectivity index (χ1n) is 6.89. The van der Waals surface area contributed by atoms with Crippen molar-refractivity contribution in [1.29, 1.82) is 0 Å². The molecule has 4 heteroatoms. The topological polar surface area (TPSA) is 17.8 Å². The molecular formula is C17H16Cl2N2. The molecule has 1 unspecified atom stereocenters. The van der Waals surface area contributed by atoms with Gasteiger partial charge in [0.15, 0.2) is 0 Å². The van der Waals surface area contributed by atoms with E-state index in [1.807, 2.05) is 18.2 Å². The second kappa shape index (κ2) is 5.70. The van der Waals surface area contributed by atoms with E-state index in [0.717, 1.165) is 16.9 Å². The summed E-state index contributed by atoms with van der Waals surface area (Å²) in [6.45, 7) is 4.25. The van der Waals surface area contributed by atoms with Crippen LogP contribution in [0, 0.1) is 6.92 Å². The summed E-state index contributed by atoms with van der Waals surface area (Å²) in [5.41, 5.74) is 4.44. The van der Waals surface area contributed by atoms with Gasteiger partial charge in [-0.05, 0) is 37.6 Å². The Morgan fingerprint density at radius 1 is 1.14 bits per heavy atom. The summed E-state index contributed by atoms with van der Waals surface area (Å²) in [6.07, 6.45) is 0. The number of fused-ring (bicyclic) bond motifs is 1. The zero-order chi connectivity index (χ0) is 15.0. The maximum Gasteiger partial charge on any atom is 0.125 e. The summed E-state index contributed by atoms with van der Waals surface area (Å²) in [5.74, 6) is 1.24. The number of benzene rings is 2. The quantitative estimate of drug-likeness (QED) is 0.595. The number of aromatic nitrogens is 2. The van der Waals surface area contributed by atoms with Crippen LogP contribution < -0.4 is 0 Å². The molecule has 0 saturated heterocycles. The first-order chi connectivity index (χ1) is 10.1. The molecule has 21 heavy (non-hydrogen) atoms. The van der Waals surface area contributed by atoms with Gasteiger partial charge in [0, 0.05) is 5.02 Å². The Balaban J connectivity index is 2.16. The maximum atomic E-state index is 6.08. The first-order valence-corrected chi connectivity index (χ1v) is 7.80. The van der Waals surface area contributed by atoms with Crippen LogP contribution in [0.3, 0.4) is 0 Å². The van der Waals surface area contributed by atoms with Gasteiger partial charge in [-0.1, -0.05) is 41.4 Å². The largest absolute Gasteiger partial charge is 0.320 e. The van der Waals surface area contributed by atoms with Crippen LogP contribution >= 0.6 is 23.2 Å². The number of nitrogens with zero attached hydrogens (tertiary/aromatic N) is 2. The minimum absolute atomic E-state index is 0.172. The highest BCUT2D eigenvalue weighted by Crippen LogP contribution is 2.28. The van der Waals surface area contributed by atoms with Gasteiger partial charge < -0.3 is 4.57 Å². The number of alkyl halides is 1. The van der Waals surface area contributed by atoms with E-state index in [9.17, 15) is 0 Å². The summed E-state index contributed by atoms with van der Waals surface area (Å²) in [7, 11) is 0. The van der Waals surface area contributed by atoms with E-state index in [4.69, 9.17) is 23.2 Å². The molecule has 2 aromatic carbocycles. The van der Waals surface area contributed by atoms with Gasteiger partial charge >= 0.3 is 0 Å². The number of hydrogen-bond donors (Lipinski definition) is 0. The molecule has 0 bridgehead atoms. The Bertz CT molecular complexity index is 775. The van der Waals surface area contributed by atoms with Crippen LogP contribution in [0.1, 0.15) is 29.9 Å². The molecule has 0 N–H and O–H groups in total. The number of halogens is 2. The van der Waals surface area contributed by atoms with Crippen molar-refractivity contribution in [3.8, 4) is 0 Å². The van der Waals surface area contributed by atoms with E-state index in [2.05, 4.69) is 47.7 Å². The van der Waals surface area contributed by atoms with Crippen molar-refractivity contribution in [3.05, 3.63) is 64.4 Å². The van der Waals surface area contributed by atoms with Gasteiger partial charge in [0.25, 0.3) is 0 Å². The number of rotatable bonds is 3. The van der Waals surface area contributed by atoms with Crippen molar-refractivity contribution in [2.45, 2.75) is 25.8 Å². The van der Waals surface area contributed by atoms with Crippen molar-refractivity contribution < 1.29 is 0 Å². The summed E-state index contributed by atoms with van der Waals surface area (Å²) in [4.78, 5) is 4.60.